The fraction of sp³-hybridized carbons (Fsp3) is 0.0909. The first kappa shape index (κ1) is 19.3. The zero-order chi connectivity index (χ0) is 20.2. The number of aromatic nitrogens is 2. The molecule has 0 fully saturated rings. The molecule has 0 saturated heterocycles. The van der Waals surface area contributed by atoms with E-state index in [4.69, 9.17) is 32.4 Å². The van der Waals surface area contributed by atoms with Gasteiger partial charge in [0.05, 0.1) is 23.4 Å². The quantitative estimate of drug-likeness (QED) is 0.395. The number of rotatable bonds is 6. The lowest BCUT2D eigenvalue weighted by Gasteiger charge is -2.19. The molecule has 0 aliphatic rings. The molecule has 0 amide bonds. The highest BCUT2D eigenvalue weighted by atomic mass is 35.5. The van der Waals surface area contributed by atoms with E-state index in [2.05, 4.69) is 15.5 Å². The van der Waals surface area contributed by atoms with Crippen molar-refractivity contribution in [1.82, 2.24) is 10.2 Å². The number of hydrogen-bond donors (Lipinski definition) is 1. The van der Waals surface area contributed by atoms with Crippen LogP contribution in [0.15, 0.2) is 77.2 Å². The molecule has 0 spiro atoms. The first-order valence-electron chi connectivity index (χ1n) is 8.89. The molecule has 0 aliphatic carbocycles. The molecule has 0 radical (unpaired) electrons. The summed E-state index contributed by atoms with van der Waals surface area (Å²) < 4.78 is 11.5. The van der Waals surface area contributed by atoms with Crippen molar-refractivity contribution in [2.24, 2.45) is 0 Å². The Balaban J connectivity index is 1.75. The Labute approximate surface area is 178 Å². The molecule has 29 heavy (non-hydrogen) atoms. The van der Waals surface area contributed by atoms with Crippen LogP contribution in [0.5, 0.6) is 5.75 Å². The van der Waals surface area contributed by atoms with Gasteiger partial charge in [0.15, 0.2) is 0 Å². The summed E-state index contributed by atoms with van der Waals surface area (Å²) in [4.78, 5) is 0. The van der Waals surface area contributed by atoms with Crippen molar-refractivity contribution >= 4 is 28.9 Å². The maximum Gasteiger partial charge on any atom is 0.249 e. The molecule has 1 aromatic heterocycles. The number of hydrogen-bond acceptors (Lipinski definition) is 5. The number of nitrogens with one attached hydrogen (secondary N) is 1. The summed E-state index contributed by atoms with van der Waals surface area (Å²) >= 11 is 12.5. The largest absolute Gasteiger partial charge is 0.495 e. The fourth-order valence-corrected chi connectivity index (χ4v) is 3.37. The number of nitrogens with zero attached hydrogens (tertiary/aromatic N) is 2. The van der Waals surface area contributed by atoms with Crippen LogP contribution in [0.2, 0.25) is 10.0 Å². The predicted octanol–water partition coefficient (Wildman–Crippen LogP) is 6.25. The van der Waals surface area contributed by atoms with Gasteiger partial charge in [-0.25, -0.2) is 0 Å². The van der Waals surface area contributed by atoms with Crippen molar-refractivity contribution in [1.29, 1.82) is 0 Å². The molecule has 4 aromatic rings. The Morgan fingerprint density at radius 1 is 0.931 bits per heavy atom. The van der Waals surface area contributed by atoms with Gasteiger partial charge in [0.25, 0.3) is 0 Å². The molecule has 7 heteroatoms. The van der Waals surface area contributed by atoms with Crippen LogP contribution in [0, 0.1) is 0 Å². The van der Waals surface area contributed by atoms with Crippen LogP contribution in [0.25, 0.3) is 11.5 Å². The third kappa shape index (κ3) is 4.21. The van der Waals surface area contributed by atoms with Crippen LogP contribution < -0.4 is 10.1 Å². The molecule has 3 aromatic carbocycles. The van der Waals surface area contributed by atoms with Crippen molar-refractivity contribution in [2.45, 2.75) is 6.04 Å². The van der Waals surface area contributed by atoms with Crippen molar-refractivity contribution in [3.05, 3.63) is 94.3 Å². The van der Waals surface area contributed by atoms with E-state index in [0.717, 1.165) is 5.56 Å². The van der Waals surface area contributed by atoms with E-state index < -0.39 is 6.04 Å². The maximum atomic E-state index is 6.28. The summed E-state index contributed by atoms with van der Waals surface area (Å²) in [6.07, 6.45) is 0. The average Bonchev–Trinajstić information content (AvgIpc) is 3.23. The minimum absolute atomic E-state index is 0.353. The monoisotopic (exact) mass is 425 g/mol. The molecule has 0 aliphatic heterocycles. The zero-order valence-corrected chi connectivity index (χ0v) is 17.0. The lowest BCUT2D eigenvalue weighted by molar-refractivity contribution is 0.415. The molecule has 5 nitrogen and oxygen atoms in total. The zero-order valence-electron chi connectivity index (χ0n) is 15.5. The van der Waals surface area contributed by atoms with E-state index >= 15 is 0 Å². The highest BCUT2D eigenvalue weighted by Gasteiger charge is 2.23. The second kappa shape index (κ2) is 8.55. The van der Waals surface area contributed by atoms with Gasteiger partial charge in [-0.15, -0.1) is 10.2 Å². The van der Waals surface area contributed by atoms with Crippen LogP contribution in [-0.2, 0) is 0 Å². The van der Waals surface area contributed by atoms with Crippen molar-refractivity contribution in [2.75, 3.05) is 12.4 Å². The van der Waals surface area contributed by atoms with Gasteiger partial charge in [0.1, 0.15) is 11.8 Å². The van der Waals surface area contributed by atoms with E-state index in [-0.39, 0.29) is 0 Å². The Morgan fingerprint density at radius 3 is 2.45 bits per heavy atom. The Bertz CT molecular complexity index is 1120. The standard InChI is InChI=1S/C22H17Cl2N3O2/c1-28-19-12-11-15(23)13-18(19)25-20(14-7-3-2-4-8-14)22-27-26-21(29-22)16-9-5-6-10-17(16)24/h2-13,20,25H,1H3. The lowest BCUT2D eigenvalue weighted by atomic mass is 10.1. The summed E-state index contributed by atoms with van der Waals surface area (Å²) in [6, 6.07) is 22.1. The molecule has 1 N–H and O–H groups in total. The number of methoxy groups -OCH3 is 1. The van der Waals surface area contributed by atoms with Gasteiger partial charge in [-0.05, 0) is 35.9 Å². The van der Waals surface area contributed by atoms with Crippen molar-refractivity contribution in [3.63, 3.8) is 0 Å². The molecule has 1 atom stereocenters. The van der Waals surface area contributed by atoms with Crippen LogP contribution in [0.4, 0.5) is 5.69 Å². The highest BCUT2D eigenvalue weighted by Crippen LogP contribution is 2.35. The molecular weight excluding hydrogens is 409 g/mol. The third-order valence-electron chi connectivity index (χ3n) is 4.39. The summed E-state index contributed by atoms with van der Waals surface area (Å²) in [5, 5.41) is 13.0. The van der Waals surface area contributed by atoms with E-state index in [1.807, 2.05) is 48.5 Å². The Morgan fingerprint density at radius 2 is 1.69 bits per heavy atom. The van der Waals surface area contributed by atoms with Gasteiger partial charge in [-0.2, -0.15) is 0 Å². The first-order chi connectivity index (χ1) is 14.2. The second-order valence-corrected chi connectivity index (χ2v) is 7.10. The topological polar surface area (TPSA) is 60.2 Å². The number of halogens is 2. The first-order valence-corrected chi connectivity index (χ1v) is 9.64. The van der Waals surface area contributed by atoms with Gasteiger partial charge in [-0.1, -0.05) is 65.7 Å². The van der Waals surface area contributed by atoms with Crippen LogP contribution in [0.1, 0.15) is 17.5 Å². The van der Waals surface area contributed by atoms with Crippen LogP contribution >= 0.6 is 23.2 Å². The Kier molecular flexibility index (Phi) is 5.69. The number of anilines is 1. The van der Waals surface area contributed by atoms with Gasteiger partial charge in [-0.3, -0.25) is 0 Å². The highest BCUT2D eigenvalue weighted by molar-refractivity contribution is 6.33. The molecular formula is C22H17Cl2N3O2. The second-order valence-electron chi connectivity index (χ2n) is 6.26. The summed E-state index contributed by atoms with van der Waals surface area (Å²) in [6.45, 7) is 0. The normalized spacial score (nSPS) is 11.8. The van der Waals surface area contributed by atoms with E-state index in [1.54, 1.807) is 31.4 Å². The average molecular weight is 426 g/mol. The fourth-order valence-electron chi connectivity index (χ4n) is 2.98. The molecule has 1 heterocycles. The van der Waals surface area contributed by atoms with Gasteiger partial charge >= 0.3 is 0 Å². The summed E-state index contributed by atoms with van der Waals surface area (Å²) in [5.41, 5.74) is 2.34. The summed E-state index contributed by atoms with van der Waals surface area (Å²) in [7, 11) is 1.61. The molecule has 146 valence electrons. The lowest BCUT2D eigenvalue weighted by Crippen LogP contribution is -2.13. The minimum Gasteiger partial charge on any atom is -0.495 e. The van der Waals surface area contributed by atoms with E-state index in [9.17, 15) is 0 Å². The smallest absolute Gasteiger partial charge is 0.249 e. The van der Waals surface area contributed by atoms with Gasteiger partial charge < -0.3 is 14.5 Å². The van der Waals surface area contributed by atoms with Crippen LogP contribution in [-0.4, -0.2) is 17.3 Å². The molecule has 0 bridgehead atoms. The predicted molar refractivity (Wildman–Crippen MR) is 115 cm³/mol. The molecule has 0 saturated carbocycles. The van der Waals surface area contributed by atoms with Crippen molar-refractivity contribution < 1.29 is 9.15 Å². The third-order valence-corrected chi connectivity index (χ3v) is 4.95. The number of ether oxygens (including phenoxy) is 1. The maximum absolute atomic E-state index is 6.28. The SMILES string of the molecule is COc1ccc(Cl)cc1NC(c1ccccc1)c1nnc(-c2ccccc2Cl)o1. The minimum atomic E-state index is -0.410. The van der Waals surface area contributed by atoms with Crippen molar-refractivity contribution in [3.8, 4) is 17.2 Å². The Hall–Kier alpha value is -3.02. The van der Waals surface area contributed by atoms with Crippen LogP contribution in [0.3, 0.4) is 0 Å². The van der Waals surface area contributed by atoms with Gasteiger partial charge in [0, 0.05) is 5.02 Å². The van der Waals surface area contributed by atoms with E-state index in [1.165, 1.54) is 0 Å². The van der Waals surface area contributed by atoms with E-state index in [0.29, 0.717) is 38.8 Å². The summed E-state index contributed by atoms with van der Waals surface area (Å²) in [5.74, 6) is 1.40. The molecule has 1 unspecified atom stereocenters. The molecule has 4 rings (SSSR count). The number of benzene rings is 3. The van der Waals surface area contributed by atoms with Gasteiger partial charge in [0.2, 0.25) is 11.8 Å².